The lowest BCUT2D eigenvalue weighted by Crippen LogP contribution is -2.21. The van der Waals surface area contributed by atoms with Crippen LogP contribution in [0.1, 0.15) is 32.6 Å². The predicted octanol–water partition coefficient (Wildman–Crippen LogP) is 2.04. The second-order valence-electron chi connectivity index (χ2n) is 3.81. The van der Waals surface area contributed by atoms with Gasteiger partial charge in [0.05, 0.1) is 6.04 Å². The highest BCUT2D eigenvalue weighted by Crippen LogP contribution is 2.07. The Bertz CT molecular complexity index is 308. The van der Waals surface area contributed by atoms with Crippen molar-refractivity contribution in [1.82, 2.24) is 14.9 Å². The van der Waals surface area contributed by atoms with Gasteiger partial charge >= 0.3 is 0 Å². The first-order valence-electron chi connectivity index (χ1n) is 4.95. The Labute approximate surface area is 85.8 Å². The Morgan fingerprint density at radius 2 is 2.36 bits per heavy atom. The van der Waals surface area contributed by atoms with Crippen LogP contribution in [-0.4, -0.2) is 16.1 Å². The van der Waals surface area contributed by atoms with Crippen molar-refractivity contribution in [2.45, 2.75) is 26.8 Å². The van der Waals surface area contributed by atoms with Crippen LogP contribution in [-0.2, 0) is 7.05 Å². The fraction of sp³-hybridized carbons (Fsp3) is 0.545. The summed E-state index contributed by atoms with van der Waals surface area (Å²) in [5.74, 6) is 1.08. The molecule has 1 aromatic heterocycles. The molecule has 0 aliphatic carbocycles. The fourth-order valence-corrected chi connectivity index (χ4v) is 1.33. The molecule has 3 nitrogen and oxygen atoms in total. The molecule has 1 rings (SSSR count). The Balaban J connectivity index is 2.47. The summed E-state index contributed by atoms with van der Waals surface area (Å²) < 4.78 is 2.04. The van der Waals surface area contributed by atoms with Crippen LogP contribution in [0.2, 0.25) is 0 Å². The molecule has 0 fully saturated rings. The third kappa shape index (κ3) is 3.00. The van der Waals surface area contributed by atoms with Gasteiger partial charge in [0.25, 0.3) is 0 Å². The van der Waals surface area contributed by atoms with Crippen LogP contribution in [0.15, 0.2) is 24.0 Å². The van der Waals surface area contributed by atoms with Gasteiger partial charge in [-0.3, -0.25) is 0 Å². The largest absolute Gasteiger partial charge is 0.337 e. The fourth-order valence-electron chi connectivity index (χ4n) is 1.33. The van der Waals surface area contributed by atoms with Gasteiger partial charge in [0.2, 0.25) is 0 Å². The highest BCUT2D eigenvalue weighted by molar-refractivity contribution is 4.99. The molecule has 0 aliphatic heterocycles. The van der Waals surface area contributed by atoms with Gasteiger partial charge in [0.15, 0.2) is 0 Å². The Morgan fingerprint density at radius 3 is 2.86 bits per heavy atom. The van der Waals surface area contributed by atoms with Crippen LogP contribution in [0, 0.1) is 0 Å². The summed E-state index contributed by atoms with van der Waals surface area (Å²) in [5, 5.41) is 3.40. The molecular formula is C11H19N3. The molecule has 1 N–H and O–H groups in total. The minimum absolute atomic E-state index is 0.297. The van der Waals surface area contributed by atoms with Gasteiger partial charge in [0, 0.05) is 26.0 Å². The number of nitrogens with one attached hydrogen (secondary N) is 1. The lowest BCUT2D eigenvalue weighted by atomic mass is 10.3. The minimum atomic E-state index is 0.297. The van der Waals surface area contributed by atoms with Crippen LogP contribution < -0.4 is 5.32 Å². The maximum Gasteiger partial charge on any atom is 0.125 e. The number of hydrogen-bond acceptors (Lipinski definition) is 2. The Morgan fingerprint density at radius 1 is 1.64 bits per heavy atom. The van der Waals surface area contributed by atoms with E-state index in [9.17, 15) is 0 Å². The van der Waals surface area contributed by atoms with Gasteiger partial charge in [-0.15, -0.1) is 0 Å². The van der Waals surface area contributed by atoms with Gasteiger partial charge in [-0.2, -0.15) is 0 Å². The molecule has 1 unspecified atom stereocenters. The molecule has 0 spiro atoms. The molecule has 0 saturated heterocycles. The van der Waals surface area contributed by atoms with Gasteiger partial charge in [-0.1, -0.05) is 11.6 Å². The van der Waals surface area contributed by atoms with Crippen molar-refractivity contribution in [2.24, 2.45) is 7.05 Å². The molecule has 1 aromatic rings. The van der Waals surface area contributed by atoms with Gasteiger partial charge in [0.1, 0.15) is 5.82 Å². The summed E-state index contributed by atoms with van der Waals surface area (Å²) in [6.07, 6.45) is 5.97. The maximum absolute atomic E-state index is 4.29. The smallest absolute Gasteiger partial charge is 0.125 e. The zero-order valence-electron chi connectivity index (χ0n) is 9.41. The van der Waals surface area contributed by atoms with Crippen molar-refractivity contribution in [3.05, 3.63) is 29.9 Å². The molecule has 78 valence electrons. The SMILES string of the molecule is CC(C)=CCNC(C)c1nccn1C. The molecule has 1 heterocycles. The molecule has 14 heavy (non-hydrogen) atoms. The van der Waals surface area contributed by atoms with Crippen molar-refractivity contribution in [1.29, 1.82) is 0 Å². The van der Waals surface area contributed by atoms with Crippen LogP contribution >= 0.6 is 0 Å². The van der Waals surface area contributed by atoms with Crippen LogP contribution in [0.5, 0.6) is 0 Å². The lowest BCUT2D eigenvalue weighted by molar-refractivity contribution is 0.560. The van der Waals surface area contributed by atoms with E-state index in [1.807, 2.05) is 24.0 Å². The average Bonchev–Trinajstić information content (AvgIpc) is 2.50. The third-order valence-electron chi connectivity index (χ3n) is 2.18. The topological polar surface area (TPSA) is 29.9 Å². The number of imidazole rings is 1. The Kier molecular flexibility index (Phi) is 3.89. The van der Waals surface area contributed by atoms with Crippen molar-refractivity contribution < 1.29 is 0 Å². The average molecular weight is 193 g/mol. The van der Waals surface area contributed by atoms with E-state index in [4.69, 9.17) is 0 Å². The number of aryl methyl sites for hydroxylation is 1. The molecule has 0 saturated carbocycles. The summed E-state index contributed by atoms with van der Waals surface area (Å²) in [6, 6.07) is 0.297. The molecule has 0 bridgehead atoms. The second-order valence-corrected chi connectivity index (χ2v) is 3.81. The maximum atomic E-state index is 4.29. The van der Waals surface area contributed by atoms with Crippen molar-refractivity contribution in [3.63, 3.8) is 0 Å². The van der Waals surface area contributed by atoms with Gasteiger partial charge < -0.3 is 9.88 Å². The zero-order chi connectivity index (χ0) is 10.6. The van der Waals surface area contributed by atoms with Crippen molar-refractivity contribution in [3.8, 4) is 0 Å². The number of allylic oxidation sites excluding steroid dienone is 1. The van der Waals surface area contributed by atoms with Crippen LogP contribution in [0.4, 0.5) is 0 Å². The standard InChI is InChI=1S/C11H19N3/c1-9(2)5-6-12-10(3)11-13-7-8-14(11)4/h5,7-8,10,12H,6H2,1-4H3. The summed E-state index contributed by atoms with van der Waals surface area (Å²) in [6.45, 7) is 7.23. The van der Waals surface area contributed by atoms with Crippen molar-refractivity contribution >= 4 is 0 Å². The number of rotatable bonds is 4. The monoisotopic (exact) mass is 193 g/mol. The summed E-state index contributed by atoms with van der Waals surface area (Å²) in [7, 11) is 2.02. The molecular weight excluding hydrogens is 174 g/mol. The summed E-state index contributed by atoms with van der Waals surface area (Å²) in [5.41, 5.74) is 1.34. The van der Waals surface area contributed by atoms with E-state index in [1.54, 1.807) is 0 Å². The first-order chi connectivity index (χ1) is 6.61. The molecule has 0 radical (unpaired) electrons. The molecule has 1 atom stereocenters. The van der Waals surface area contributed by atoms with E-state index in [-0.39, 0.29) is 0 Å². The van der Waals surface area contributed by atoms with Crippen molar-refractivity contribution in [2.75, 3.05) is 6.54 Å². The van der Waals surface area contributed by atoms with E-state index < -0.39 is 0 Å². The van der Waals surface area contributed by atoms with Crippen LogP contribution in [0.3, 0.4) is 0 Å². The van der Waals surface area contributed by atoms with Gasteiger partial charge in [-0.25, -0.2) is 4.98 Å². The lowest BCUT2D eigenvalue weighted by Gasteiger charge is -2.12. The number of nitrogens with zero attached hydrogens (tertiary/aromatic N) is 2. The van der Waals surface area contributed by atoms with E-state index >= 15 is 0 Å². The summed E-state index contributed by atoms with van der Waals surface area (Å²) >= 11 is 0. The normalized spacial score (nSPS) is 12.6. The van der Waals surface area contributed by atoms with E-state index in [0.29, 0.717) is 6.04 Å². The second kappa shape index (κ2) is 4.96. The molecule has 3 heteroatoms. The van der Waals surface area contributed by atoms with E-state index in [0.717, 1.165) is 12.4 Å². The number of hydrogen-bond donors (Lipinski definition) is 1. The number of aromatic nitrogens is 2. The van der Waals surface area contributed by atoms with E-state index in [1.165, 1.54) is 5.57 Å². The molecule has 0 amide bonds. The Hall–Kier alpha value is -1.09. The predicted molar refractivity (Wildman–Crippen MR) is 59.1 cm³/mol. The summed E-state index contributed by atoms with van der Waals surface area (Å²) in [4.78, 5) is 4.29. The van der Waals surface area contributed by atoms with E-state index in [2.05, 4.69) is 37.1 Å². The highest BCUT2D eigenvalue weighted by Gasteiger charge is 2.07. The minimum Gasteiger partial charge on any atom is -0.337 e. The third-order valence-corrected chi connectivity index (χ3v) is 2.18. The highest BCUT2D eigenvalue weighted by atomic mass is 15.1. The quantitative estimate of drug-likeness (QED) is 0.742. The zero-order valence-corrected chi connectivity index (χ0v) is 9.41. The van der Waals surface area contributed by atoms with Gasteiger partial charge in [-0.05, 0) is 20.8 Å². The van der Waals surface area contributed by atoms with Crippen LogP contribution in [0.25, 0.3) is 0 Å². The molecule has 0 aromatic carbocycles. The first-order valence-corrected chi connectivity index (χ1v) is 4.95. The first kappa shape index (κ1) is 11.0. The molecule has 0 aliphatic rings.